The van der Waals surface area contributed by atoms with Crippen molar-refractivity contribution in [1.82, 2.24) is 5.32 Å². The fraction of sp³-hybridized carbons (Fsp3) is 0.533. The number of fused-ring (bicyclic) bond motifs is 1. The molecule has 1 aliphatic heterocycles. The molecule has 0 aromatic heterocycles. The van der Waals surface area contributed by atoms with Crippen molar-refractivity contribution in [3.63, 3.8) is 0 Å². The molecule has 1 fully saturated rings. The Labute approximate surface area is 118 Å². The van der Waals surface area contributed by atoms with Crippen molar-refractivity contribution < 1.29 is 14.6 Å². The zero-order chi connectivity index (χ0) is 13.9. The molecule has 1 saturated carbocycles. The first-order chi connectivity index (χ1) is 9.74. The van der Waals surface area contributed by atoms with E-state index in [0.717, 1.165) is 5.69 Å². The summed E-state index contributed by atoms with van der Waals surface area (Å²) >= 11 is 0. The van der Waals surface area contributed by atoms with Crippen LogP contribution in [0.2, 0.25) is 0 Å². The lowest BCUT2D eigenvalue weighted by molar-refractivity contribution is -0.119. The number of hydrogen-bond acceptors (Lipinski definition) is 4. The number of aliphatic hydroxyl groups is 1. The van der Waals surface area contributed by atoms with Crippen LogP contribution in [0.3, 0.4) is 0 Å². The van der Waals surface area contributed by atoms with E-state index in [1.165, 1.54) is 12.8 Å². The van der Waals surface area contributed by atoms with Gasteiger partial charge in [-0.2, -0.15) is 0 Å². The summed E-state index contributed by atoms with van der Waals surface area (Å²) in [6, 6.07) is 8.04. The largest absolute Gasteiger partial charge is 0.491 e. The second-order valence-electron chi connectivity index (χ2n) is 5.41. The van der Waals surface area contributed by atoms with Crippen LogP contribution in [0.4, 0.5) is 5.69 Å². The molecule has 2 N–H and O–H groups in total. The Morgan fingerprint density at radius 2 is 2.20 bits per heavy atom. The van der Waals surface area contributed by atoms with E-state index in [9.17, 15) is 9.90 Å². The number of amides is 1. The molecule has 0 bridgehead atoms. The van der Waals surface area contributed by atoms with Gasteiger partial charge in [0.15, 0.2) is 0 Å². The maximum Gasteiger partial charge on any atom is 0.230 e. The van der Waals surface area contributed by atoms with Crippen LogP contribution in [-0.4, -0.2) is 42.9 Å². The molecule has 2 aliphatic rings. The van der Waals surface area contributed by atoms with E-state index in [2.05, 4.69) is 5.32 Å². The van der Waals surface area contributed by atoms with E-state index in [4.69, 9.17) is 4.74 Å². The van der Waals surface area contributed by atoms with E-state index in [1.54, 1.807) is 4.90 Å². The fourth-order valence-corrected chi connectivity index (χ4v) is 2.39. The van der Waals surface area contributed by atoms with Gasteiger partial charge in [-0.05, 0) is 25.0 Å². The van der Waals surface area contributed by atoms with Crippen molar-refractivity contribution >= 4 is 11.6 Å². The lowest BCUT2D eigenvalue weighted by Crippen LogP contribution is -2.41. The number of hydrogen-bond donors (Lipinski definition) is 2. The molecule has 0 radical (unpaired) electrons. The number of benzene rings is 1. The van der Waals surface area contributed by atoms with Crippen molar-refractivity contribution in [2.24, 2.45) is 0 Å². The van der Waals surface area contributed by atoms with Gasteiger partial charge in [-0.3, -0.25) is 4.79 Å². The third-order valence-electron chi connectivity index (χ3n) is 3.64. The van der Waals surface area contributed by atoms with Crippen LogP contribution in [0.5, 0.6) is 5.75 Å². The number of anilines is 1. The molecular weight excluding hydrogens is 256 g/mol. The summed E-state index contributed by atoms with van der Waals surface area (Å²) in [5.74, 6) is 0.709. The van der Waals surface area contributed by atoms with Gasteiger partial charge in [0.1, 0.15) is 5.75 Å². The zero-order valence-corrected chi connectivity index (χ0v) is 11.4. The maximum atomic E-state index is 12.2. The second-order valence-corrected chi connectivity index (χ2v) is 5.41. The summed E-state index contributed by atoms with van der Waals surface area (Å²) < 4.78 is 5.58. The summed E-state index contributed by atoms with van der Waals surface area (Å²) in [4.78, 5) is 13.8. The van der Waals surface area contributed by atoms with Gasteiger partial charge in [-0.1, -0.05) is 12.1 Å². The van der Waals surface area contributed by atoms with Gasteiger partial charge < -0.3 is 20.1 Å². The smallest absolute Gasteiger partial charge is 0.230 e. The van der Waals surface area contributed by atoms with Gasteiger partial charge in [-0.25, -0.2) is 0 Å². The number of nitrogens with zero attached hydrogens (tertiary/aromatic N) is 1. The van der Waals surface area contributed by atoms with E-state index in [0.29, 0.717) is 37.9 Å². The van der Waals surface area contributed by atoms with E-state index in [1.807, 2.05) is 24.3 Å². The highest BCUT2D eigenvalue weighted by molar-refractivity contribution is 5.95. The third-order valence-corrected chi connectivity index (χ3v) is 3.64. The predicted molar refractivity (Wildman–Crippen MR) is 75.9 cm³/mol. The van der Waals surface area contributed by atoms with Crippen LogP contribution in [0, 0.1) is 0 Å². The number of nitrogens with one attached hydrogen (secondary N) is 1. The van der Waals surface area contributed by atoms with Gasteiger partial charge >= 0.3 is 0 Å². The van der Waals surface area contributed by atoms with Crippen molar-refractivity contribution in [3.05, 3.63) is 24.3 Å². The van der Waals surface area contributed by atoms with E-state index < -0.39 is 6.10 Å². The molecule has 1 aliphatic carbocycles. The molecule has 0 saturated heterocycles. The standard InChI is InChI=1S/C15H20N2O3/c18-12(9-16-11-5-6-11)10-17-13-3-1-2-4-14(13)20-8-7-15(17)19/h1-4,11-12,16,18H,5-10H2. The van der Waals surface area contributed by atoms with Crippen LogP contribution in [-0.2, 0) is 4.79 Å². The number of para-hydroxylation sites is 2. The molecule has 5 heteroatoms. The van der Waals surface area contributed by atoms with Crippen LogP contribution < -0.4 is 15.0 Å². The molecule has 3 rings (SSSR count). The monoisotopic (exact) mass is 276 g/mol. The minimum atomic E-state index is -0.564. The first-order valence-corrected chi connectivity index (χ1v) is 7.17. The molecule has 1 unspecified atom stereocenters. The van der Waals surface area contributed by atoms with E-state index in [-0.39, 0.29) is 5.91 Å². The predicted octanol–water partition coefficient (Wildman–Crippen LogP) is 0.915. The maximum absolute atomic E-state index is 12.2. The average molecular weight is 276 g/mol. The second kappa shape index (κ2) is 5.81. The minimum absolute atomic E-state index is 0.000391. The molecule has 1 aromatic carbocycles. The van der Waals surface area contributed by atoms with Crippen molar-refractivity contribution in [1.29, 1.82) is 0 Å². The van der Waals surface area contributed by atoms with Crippen LogP contribution in [0.15, 0.2) is 24.3 Å². The molecule has 1 atom stereocenters. The van der Waals surface area contributed by atoms with Gasteiger partial charge in [0.2, 0.25) is 5.91 Å². The SMILES string of the molecule is O=C1CCOc2ccccc2N1CC(O)CNC1CC1. The summed E-state index contributed by atoms with van der Waals surface area (Å²) in [6.07, 6.45) is 2.15. The normalized spacial score (nSPS) is 20.1. The quantitative estimate of drug-likeness (QED) is 0.839. The van der Waals surface area contributed by atoms with Crippen molar-refractivity contribution in [2.45, 2.75) is 31.4 Å². The third kappa shape index (κ3) is 3.11. The number of rotatable bonds is 5. The molecule has 20 heavy (non-hydrogen) atoms. The number of β-amino-alcohol motifs (C(OH)–C–C–N with tert-alkyl or cyclic N) is 1. The molecule has 108 valence electrons. The lowest BCUT2D eigenvalue weighted by atomic mass is 10.2. The molecule has 1 amide bonds. The van der Waals surface area contributed by atoms with Crippen molar-refractivity contribution in [3.8, 4) is 5.75 Å². The molecule has 5 nitrogen and oxygen atoms in total. The Hall–Kier alpha value is -1.59. The molecule has 1 heterocycles. The number of carbonyl (C=O) groups excluding carboxylic acids is 1. The highest BCUT2D eigenvalue weighted by atomic mass is 16.5. The molecule has 0 spiro atoms. The van der Waals surface area contributed by atoms with Crippen LogP contribution in [0.1, 0.15) is 19.3 Å². The first kappa shape index (κ1) is 13.4. The minimum Gasteiger partial charge on any atom is -0.491 e. The zero-order valence-electron chi connectivity index (χ0n) is 11.4. The van der Waals surface area contributed by atoms with Crippen LogP contribution in [0.25, 0.3) is 0 Å². The van der Waals surface area contributed by atoms with Gasteiger partial charge in [0, 0.05) is 12.6 Å². The highest BCUT2D eigenvalue weighted by Crippen LogP contribution is 2.31. The Bertz CT molecular complexity index is 488. The molecule has 1 aromatic rings. The Morgan fingerprint density at radius 1 is 1.40 bits per heavy atom. The topological polar surface area (TPSA) is 61.8 Å². The van der Waals surface area contributed by atoms with Gasteiger partial charge in [0.25, 0.3) is 0 Å². The molecular formula is C15H20N2O3. The first-order valence-electron chi connectivity index (χ1n) is 7.17. The Balaban J connectivity index is 1.70. The highest BCUT2D eigenvalue weighted by Gasteiger charge is 2.26. The van der Waals surface area contributed by atoms with E-state index >= 15 is 0 Å². The number of aliphatic hydroxyl groups excluding tert-OH is 1. The summed E-state index contributed by atoms with van der Waals surface area (Å²) in [6.45, 7) is 1.22. The lowest BCUT2D eigenvalue weighted by Gasteiger charge is -2.24. The number of carbonyl (C=O) groups is 1. The summed E-state index contributed by atoms with van der Waals surface area (Å²) in [7, 11) is 0. The van der Waals surface area contributed by atoms with Crippen LogP contribution >= 0.6 is 0 Å². The van der Waals surface area contributed by atoms with Gasteiger partial charge in [-0.15, -0.1) is 0 Å². The summed E-state index contributed by atoms with van der Waals surface area (Å²) in [5.41, 5.74) is 0.750. The average Bonchev–Trinajstić information content (AvgIpc) is 3.27. The summed E-state index contributed by atoms with van der Waals surface area (Å²) in [5, 5.41) is 13.4. The number of ether oxygens (including phenoxy) is 1. The Kier molecular flexibility index (Phi) is 3.89. The fourth-order valence-electron chi connectivity index (χ4n) is 2.39. The van der Waals surface area contributed by atoms with Crippen molar-refractivity contribution in [2.75, 3.05) is 24.6 Å². The Morgan fingerprint density at radius 3 is 3.00 bits per heavy atom. The van der Waals surface area contributed by atoms with Gasteiger partial charge in [0.05, 0.1) is 31.4 Å².